The second-order valence-electron chi connectivity index (χ2n) is 5.19. The maximum atomic E-state index is 11.9. The van der Waals surface area contributed by atoms with Gasteiger partial charge in [-0.05, 0) is 41.8 Å². The fourth-order valence-corrected chi connectivity index (χ4v) is 2.17. The van der Waals surface area contributed by atoms with Gasteiger partial charge in [-0.2, -0.15) is 0 Å². The highest BCUT2D eigenvalue weighted by Gasteiger charge is 2.05. The largest absolute Gasteiger partial charge is 0.497 e. The van der Waals surface area contributed by atoms with E-state index in [4.69, 9.17) is 10.5 Å². The Balaban J connectivity index is 1.80. The van der Waals surface area contributed by atoms with Gasteiger partial charge in [0.15, 0.2) is 0 Å². The molecular formula is C18H20N2O3. The maximum Gasteiger partial charge on any atom is 0.248 e. The molecule has 2 aromatic rings. The molecule has 0 radical (unpaired) electrons. The predicted molar refractivity (Wildman–Crippen MR) is 88.1 cm³/mol. The number of hydrogen-bond acceptors (Lipinski definition) is 3. The molecule has 0 fully saturated rings. The number of nitrogens with two attached hydrogens (primary N) is 1. The molecule has 2 aromatic carbocycles. The smallest absolute Gasteiger partial charge is 0.248 e. The molecule has 0 spiro atoms. The van der Waals surface area contributed by atoms with Crippen LogP contribution >= 0.6 is 0 Å². The van der Waals surface area contributed by atoms with Gasteiger partial charge in [0.1, 0.15) is 5.75 Å². The summed E-state index contributed by atoms with van der Waals surface area (Å²) >= 11 is 0. The summed E-state index contributed by atoms with van der Waals surface area (Å²) in [6.45, 7) is 0.378. The average molecular weight is 312 g/mol. The Hall–Kier alpha value is -2.82. The van der Waals surface area contributed by atoms with Crippen LogP contribution in [-0.4, -0.2) is 18.9 Å². The molecular weight excluding hydrogens is 292 g/mol. The van der Waals surface area contributed by atoms with Gasteiger partial charge in [-0.25, -0.2) is 0 Å². The lowest BCUT2D eigenvalue weighted by molar-refractivity contribution is -0.121. The van der Waals surface area contributed by atoms with Gasteiger partial charge < -0.3 is 15.8 Å². The van der Waals surface area contributed by atoms with Crippen LogP contribution in [0.1, 0.15) is 27.9 Å². The Labute approximate surface area is 135 Å². The minimum absolute atomic E-state index is 0.0368. The first kappa shape index (κ1) is 16.5. The molecule has 0 aliphatic heterocycles. The quantitative estimate of drug-likeness (QED) is 0.821. The highest BCUT2D eigenvalue weighted by Crippen LogP contribution is 2.12. The topological polar surface area (TPSA) is 81.4 Å². The highest BCUT2D eigenvalue weighted by atomic mass is 16.5. The first-order chi connectivity index (χ1) is 11.1. The fourth-order valence-electron chi connectivity index (χ4n) is 2.17. The van der Waals surface area contributed by atoms with Crippen LogP contribution in [0.5, 0.6) is 5.75 Å². The third-order valence-electron chi connectivity index (χ3n) is 3.50. The van der Waals surface area contributed by atoms with Crippen molar-refractivity contribution in [2.24, 2.45) is 5.73 Å². The molecule has 0 heterocycles. The summed E-state index contributed by atoms with van der Waals surface area (Å²) in [5.74, 6) is 0.288. The number of carbonyl (C=O) groups excluding carboxylic acids is 2. The minimum atomic E-state index is -0.474. The number of ether oxygens (including phenoxy) is 1. The van der Waals surface area contributed by atoms with Crippen molar-refractivity contribution in [1.82, 2.24) is 5.32 Å². The van der Waals surface area contributed by atoms with E-state index in [1.807, 2.05) is 30.3 Å². The van der Waals surface area contributed by atoms with E-state index in [1.165, 1.54) is 0 Å². The summed E-state index contributed by atoms with van der Waals surface area (Å²) in [6.07, 6.45) is 1.07. The second-order valence-corrected chi connectivity index (χ2v) is 5.19. The van der Waals surface area contributed by atoms with Crippen molar-refractivity contribution in [3.05, 3.63) is 65.2 Å². The molecule has 0 bridgehead atoms. The molecule has 2 amide bonds. The molecule has 3 N–H and O–H groups in total. The molecule has 0 atom stereocenters. The predicted octanol–water partition coefficient (Wildman–Crippen LogP) is 2.04. The van der Waals surface area contributed by atoms with Gasteiger partial charge in [-0.3, -0.25) is 9.59 Å². The zero-order valence-corrected chi connectivity index (χ0v) is 13.0. The molecule has 0 aliphatic rings. The van der Waals surface area contributed by atoms with E-state index in [0.717, 1.165) is 16.9 Å². The first-order valence-corrected chi connectivity index (χ1v) is 7.37. The summed E-state index contributed by atoms with van der Waals surface area (Å²) in [5, 5.41) is 2.84. The number of nitrogens with one attached hydrogen (secondary N) is 1. The van der Waals surface area contributed by atoms with Crippen LogP contribution in [0.4, 0.5) is 0 Å². The molecule has 0 aliphatic carbocycles. The number of rotatable bonds is 7. The van der Waals surface area contributed by atoms with Crippen LogP contribution in [-0.2, 0) is 17.8 Å². The van der Waals surface area contributed by atoms with Crippen LogP contribution in [0.15, 0.2) is 48.5 Å². The lowest BCUT2D eigenvalue weighted by Gasteiger charge is -2.07. The lowest BCUT2D eigenvalue weighted by atomic mass is 10.1. The number of methoxy groups -OCH3 is 1. The van der Waals surface area contributed by atoms with Crippen LogP contribution < -0.4 is 15.8 Å². The van der Waals surface area contributed by atoms with Crippen LogP contribution in [0.2, 0.25) is 0 Å². The third kappa shape index (κ3) is 5.14. The Morgan fingerprint density at radius 2 is 1.83 bits per heavy atom. The number of carbonyl (C=O) groups is 2. The summed E-state index contributed by atoms with van der Waals surface area (Å²) < 4.78 is 5.10. The van der Waals surface area contributed by atoms with Crippen molar-refractivity contribution in [3.8, 4) is 5.75 Å². The van der Waals surface area contributed by atoms with Crippen molar-refractivity contribution in [3.63, 3.8) is 0 Å². The van der Waals surface area contributed by atoms with Crippen molar-refractivity contribution in [2.45, 2.75) is 19.4 Å². The van der Waals surface area contributed by atoms with Gasteiger partial charge >= 0.3 is 0 Å². The number of primary amides is 1. The van der Waals surface area contributed by atoms with E-state index in [2.05, 4.69) is 5.32 Å². The van der Waals surface area contributed by atoms with Crippen LogP contribution in [0, 0.1) is 0 Å². The number of hydrogen-bond donors (Lipinski definition) is 2. The monoisotopic (exact) mass is 312 g/mol. The van der Waals surface area contributed by atoms with Crippen molar-refractivity contribution in [1.29, 1.82) is 0 Å². The molecule has 5 nitrogen and oxygen atoms in total. The van der Waals surface area contributed by atoms with Crippen molar-refractivity contribution >= 4 is 11.8 Å². The van der Waals surface area contributed by atoms with E-state index in [0.29, 0.717) is 24.9 Å². The SMILES string of the molecule is COc1ccc(CCC(=O)NCc2cccc(C(N)=O)c2)cc1. The van der Waals surface area contributed by atoms with E-state index in [9.17, 15) is 9.59 Å². The summed E-state index contributed by atoms with van der Waals surface area (Å²) in [6, 6.07) is 14.6. The first-order valence-electron chi connectivity index (χ1n) is 7.37. The molecule has 120 valence electrons. The van der Waals surface area contributed by atoms with Gasteiger partial charge in [0.25, 0.3) is 0 Å². The molecule has 2 rings (SSSR count). The Bertz CT molecular complexity index is 681. The molecule has 5 heteroatoms. The molecule has 0 aromatic heterocycles. The van der Waals surface area contributed by atoms with Gasteiger partial charge in [-0.1, -0.05) is 24.3 Å². The number of amides is 2. The number of aryl methyl sites for hydroxylation is 1. The Morgan fingerprint density at radius 1 is 1.09 bits per heavy atom. The van der Waals surface area contributed by atoms with Gasteiger partial charge in [0, 0.05) is 18.5 Å². The van der Waals surface area contributed by atoms with Crippen molar-refractivity contribution in [2.75, 3.05) is 7.11 Å². The Morgan fingerprint density at radius 3 is 2.48 bits per heavy atom. The fraction of sp³-hybridized carbons (Fsp3) is 0.222. The maximum absolute atomic E-state index is 11.9. The van der Waals surface area contributed by atoms with Crippen LogP contribution in [0.25, 0.3) is 0 Å². The summed E-state index contributed by atoms with van der Waals surface area (Å²) in [4.78, 5) is 23.0. The van der Waals surface area contributed by atoms with E-state index in [-0.39, 0.29) is 5.91 Å². The average Bonchev–Trinajstić information content (AvgIpc) is 2.58. The molecule has 0 saturated heterocycles. The van der Waals surface area contributed by atoms with E-state index >= 15 is 0 Å². The summed E-state index contributed by atoms with van der Waals surface area (Å²) in [5.41, 5.74) is 7.60. The standard InChI is InChI=1S/C18H20N2O3/c1-23-16-8-5-13(6-9-16)7-10-17(21)20-12-14-3-2-4-15(11-14)18(19)22/h2-6,8-9,11H,7,10,12H2,1H3,(H2,19,22)(H,20,21). The van der Waals surface area contributed by atoms with Crippen molar-refractivity contribution < 1.29 is 14.3 Å². The molecule has 23 heavy (non-hydrogen) atoms. The van der Waals surface area contributed by atoms with E-state index in [1.54, 1.807) is 25.3 Å². The second kappa shape index (κ2) is 7.98. The molecule has 0 saturated carbocycles. The normalized spacial score (nSPS) is 10.1. The number of benzene rings is 2. The third-order valence-corrected chi connectivity index (χ3v) is 3.50. The highest BCUT2D eigenvalue weighted by molar-refractivity contribution is 5.92. The van der Waals surface area contributed by atoms with E-state index < -0.39 is 5.91 Å². The minimum Gasteiger partial charge on any atom is -0.497 e. The lowest BCUT2D eigenvalue weighted by Crippen LogP contribution is -2.23. The summed E-state index contributed by atoms with van der Waals surface area (Å²) in [7, 11) is 1.62. The van der Waals surface area contributed by atoms with Crippen LogP contribution in [0.3, 0.4) is 0 Å². The van der Waals surface area contributed by atoms with Gasteiger partial charge in [-0.15, -0.1) is 0 Å². The van der Waals surface area contributed by atoms with Gasteiger partial charge in [0.2, 0.25) is 11.8 Å². The Kier molecular flexibility index (Phi) is 5.74. The van der Waals surface area contributed by atoms with Gasteiger partial charge in [0.05, 0.1) is 7.11 Å². The molecule has 0 unspecified atom stereocenters. The zero-order chi connectivity index (χ0) is 16.7. The zero-order valence-electron chi connectivity index (χ0n) is 13.0.